The van der Waals surface area contributed by atoms with Gasteiger partial charge in [-0.15, -0.1) is 0 Å². The van der Waals surface area contributed by atoms with E-state index in [1.54, 1.807) is 0 Å². The van der Waals surface area contributed by atoms with E-state index in [9.17, 15) is 4.79 Å². The van der Waals surface area contributed by atoms with Gasteiger partial charge in [0, 0.05) is 12.1 Å². The summed E-state index contributed by atoms with van der Waals surface area (Å²) in [6.45, 7) is 4.82. The van der Waals surface area contributed by atoms with Crippen LogP contribution in [0, 0.1) is 6.92 Å². The third-order valence-electron chi connectivity index (χ3n) is 3.65. The van der Waals surface area contributed by atoms with Gasteiger partial charge in [-0.2, -0.15) is 0 Å². The lowest BCUT2D eigenvalue weighted by atomic mass is 10.0. The maximum Gasteiger partial charge on any atom is 0.179 e. The fourth-order valence-corrected chi connectivity index (χ4v) is 2.16. The highest BCUT2D eigenvalue weighted by atomic mass is 16.1. The molecule has 0 saturated heterocycles. The molecule has 0 aromatic heterocycles. The second-order valence-electron chi connectivity index (χ2n) is 5.31. The van der Waals surface area contributed by atoms with E-state index in [0.717, 1.165) is 12.1 Å². The summed E-state index contributed by atoms with van der Waals surface area (Å²) in [6, 6.07) is 17.8. The molecule has 0 N–H and O–H groups in total. The number of nitrogens with zero attached hydrogens (tertiary/aromatic N) is 1. The summed E-state index contributed by atoms with van der Waals surface area (Å²) in [6.07, 6.45) is 0. The summed E-state index contributed by atoms with van der Waals surface area (Å²) in [5.74, 6) is 0.167. The van der Waals surface area contributed by atoms with Gasteiger partial charge in [-0.3, -0.25) is 9.69 Å². The number of hydrogen-bond donors (Lipinski definition) is 0. The molecule has 0 aliphatic heterocycles. The molecule has 0 aliphatic carbocycles. The number of Topliss-reactive ketones (excluding diaryl/α,β-unsaturated/α-hetero) is 1. The smallest absolute Gasteiger partial charge is 0.179 e. The van der Waals surface area contributed by atoms with Gasteiger partial charge in [0.15, 0.2) is 5.78 Å². The molecule has 2 nitrogen and oxygen atoms in total. The molecule has 1 atom stereocenters. The topological polar surface area (TPSA) is 20.3 Å². The third kappa shape index (κ3) is 3.55. The van der Waals surface area contributed by atoms with Gasteiger partial charge >= 0.3 is 0 Å². The van der Waals surface area contributed by atoms with Gasteiger partial charge in [0.1, 0.15) is 0 Å². The van der Waals surface area contributed by atoms with Crippen LogP contribution in [0.15, 0.2) is 54.6 Å². The van der Waals surface area contributed by atoms with Crippen molar-refractivity contribution in [3.8, 4) is 0 Å². The Hall–Kier alpha value is -1.93. The van der Waals surface area contributed by atoms with E-state index in [4.69, 9.17) is 0 Å². The number of ketones is 1. The molecule has 0 fully saturated rings. The first-order valence-electron chi connectivity index (χ1n) is 6.93. The van der Waals surface area contributed by atoms with Crippen molar-refractivity contribution in [1.82, 2.24) is 4.90 Å². The SMILES string of the molecule is Cc1ccc(CN(C)C(C)C(=O)c2ccccc2)cc1. The molecule has 2 rings (SSSR count). The number of carbonyl (C=O) groups excluding carboxylic acids is 1. The Morgan fingerprint density at radius 2 is 1.65 bits per heavy atom. The summed E-state index contributed by atoms with van der Waals surface area (Å²) in [5.41, 5.74) is 3.26. The monoisotopic (exact) mass is 267 g/mol. The largest absolute Gasteiger partial charge is 0.292 e. The van der Waals surface area contributed by atoms with E-state index >= 15 is 0 Å². The summed E-state index contributed by atoms with van der Waals surface area (Å²) >= 11 is 0. The van der Waals surface area contributed by atoms with Crippen LogP contribution >= 0.6 is 0 Å². The van der Waals surface area contributed by atoms with Gasteiger partial charge < -0.3 is 0 Å². The minimum Gasteiger partial charge on any atom is -0.292 e. The zero-order valence-corrected chi connectivity index (χ0v) is 12.3. The average Bonchev–Trinajstić information content (AvgIpc) is 2.49. The number of likely N-dealkylation sites (N-methyl/N-ethyl adjacent to an activating group) is 1. The molecule has 0 spiro atoms. The van der Waals surface area contributed by atoms with Gasteiger partial charge in [0.2, 0.25) is 0 Å². The lowest BCUT2D eigenvalue weighted by Crippen LogP contribution is -2.35. The van der Waals surface area contributed by atoms with Crippen molar-refractivity contribution in [3.05, 3.63) is 71.3 Å². The van der Waals surface area contributed by atoms with Crippen LogP contribution in [0.1, 0.15) is 28.4 Å². The molecule has 0 amide bonds. The minimum absolute atomic E-state index is 0.126. The molecular formula is C18H21NO. The quantitative estimate of drug-likeness (QED) is 0.770. The molecule has 20 heavy (non-hydrogen) atoms. The molecule has 2 aromatic carbocycles. The normalized spacial score (nSPS) is 12.4. The van der Waals surface area contributed by atoms with Crippen molar-refractivity contribution in [2.75, 3.05) is 7.05 Å². The molecule has 104 valence electrons. The minimum atomic E-state index is -0.126. The molecule has 2 heteroatoms. The molecule has 1 unspecified atom stereocenters. The zero-order chi connectivity index (χ0) is 14.5. The fraction of sp³-hybridized carbons (Fsp3) is 0.278. The summed E-state index contributed by atoms with van der Waals surface area (Å²) in [7, 11) is 1.99. The second-order valence-corrected chi connectivity index (χ2v) is 5.31. The molecule has 0 radical (unpaired) electrons. The Bertz CT molecular complexity index is 560. The summed E-state index contributed by atoms with van der Waals surface area (Å²) in [5, 5.41) is 0. The highest BCUT2D eigenvalue weighted by molar-refractivity contribution is 5.99. The van der Waals surface area contributed by atoms with Crippen LogP contribution in [-0.4, -0.2) is 23.8 Å². The lowest BCUT2D eigenvalue weighted by Gasteiger charge is -2.23. The number of hydrogen-bond acceptors (Lipinski definition) is 2. The van der Waals surface area contributed by atoms with Crippen LogP contribution in [0.2, 0.25) is 0 Å². The third-order valence-corrected chi connectivity index (χ3v) is 3.65. The first kappa shape index (κ1) is 14.5. The molecule has 2 aromatic rings. The Labute approximate surface area is 121 Å². The zero-order valence-electron chi connectivity index (χ0n) is 12.3. The maximum absolute atomic E-state index is 12.4. The van der Waals surface area contributed by atoms with E-state index in [-0.39, 0.29) is 11.8 Å². The highest BCUT2D eigenvalue weighted by Crippen LogP contribution is 2.12. The fourth-order valence-electron chi connectivity index (χ4n) is 2.16. The molecule has 0 aliphatic rings. The Morgan fingerprint density at radius 3 is 2.25 bits per heavy atom. The predicted octanol–water partition coefficient (Wildman–Crippen LogP) is 3.70. The van der Waals surface area contributed by atoms with E-state index in [1.165, 1.54) is 11.1 Å². The number of rotatable bonds is 5. The first-order valence-corrected chi connectivity index (χ1v) is 6.93. The van der Waals surface area contributed by atoms with Crippen LogP contribution < -0.4 is 0 Å². The van der Waals surface area contributed by atoms with Crippen molar-refractivity contribution in [3.63, 3.8) is 0 Å². The Kier molecular flexibility index (Phi) is 4.70. The van der Waals surface area contributed by atoms with E-state index in [2.05, 4.69) is 36.1 Å². The predicted molar refractivity (Wildman–Crippen MR) is 82.9 cm³/mol. The van der Waals surface area contributed by atoms with Gasteiger partial charge in [-0.1, -0.05) is 60.2 Å². The van der Waals surface area contributed by atoms with Crippen molar-refractivity contribution in [1.29, 1.82) is 0 Å². The van der Waals surface area contributed by atoms with Crippen LogP contribution in [-0.2, 0) is 6.54 Å². The van der Waals surface area contributed by atoms with E-state index in [1.807, 2.05) is 44.3 Å². The van der Waals surface area contributed by atoms with Crippen LogP contribution in [0.5, 0.6) is 0 Å². The Balaban J connectivity index is 2.03. The molecule has 0 saturated carbocycles. The number of carbonyl (C=O) groups is 1. The lowest BCUT2D eigenvalue weighted by molar-refractivity contribution is 0.0862. The van der Waals surface area contributed by atoms with Gasteiger partial charge in [-0.25, -0.2) is 0 Å². The molecule has 0 heterocycles. The molecular weight excluding hydrogens is 246 g/mol. The highest BCUT2D eigenvalue weighted by Gasteiger charge is 2.19. The van der Waals surface area contributed by atoms with Gasteiger partial charge in [0.05, 0.1) is 6.04 Å². The summed E-state index contributed by atoms with van der Waals surface area (Å²) < 4.78 is 0. The van der Waals surface area contributed by atoms with Crippen LogP contribution in [0.25, 0.3) is 0 Å². The summed E-state index contributed by atoms with van der Waals surface area (Å²) in [4.78, 5) is 14.5. The van der Waals surface area contributed by atoms with Gasteiger partial charge in [-0.05, 0) is 26.5 Å². The number of aryl methyl sites for hydroxylation is 1. The van der Waals surface area contributed by atoms with Gasteiger partial charge in [0.25, 0.3) is 0 Å². The maximum atomic E-state index is 12.4. The van der Waals surface area contributed by atoms with Crippen molar-refractivity contribution in [2.24, 2.45) is 0 Å². The average molecular weight is 267 g/mol. The Morgan fingerprint density at radius 1 is 1.05 bits per heavy atom. The second kappa shape index (κ2) is 6.49. The first-order chi connectivity index (χ1) is 9.58. The van der Waals surface area contributed by atoms with Crippen LogP contribution in [0.3, 0.4) is 0 Å². The molecule has 0 bridgehead atoms. The van der Waals surface area contributed by atoms with Crippen molar-refractivity contribution < 1.29 is 4.79 Å². The van der Waals surface area contributed by atoms with Crippen LogP contribution in [0.4, 0.5) is 0 Å². The van der Waals surface area contributed by atoms with E-state index in [0.29, 0.717) is 0 Å². The van der Waals surface area contributed by atoms with E-state index < -0.39 is 0 Å². The standard InChI is InChI=1S/C18H21NO/c1-14-9-11-16(12-10-14)13-19(3)15(2)18(20)17-7-5-4-6-8-17/h4-12,15H,13H2,1-3H3. The van der Waals surface area contributed by atoms with Crippen molar-refractivity contribution in [2.45, 2.75) is 26.4 Å². The van der Waals surface area contributed by atoms with Crippen molar-refractivity contribution >= 4 is 5.78 Å². The number of benzene rings is 2.